The molecule has 1 aromatic carbocycles. The van der Waals surface area contributed by atoms with Crippen molar-refractivity contribution in [3.05, 3.63) is 47.5 Å². The van der Waals surface area contributed by atoms with Gasteiger partial charge in [-0.05, 0) is 48.2 Å². The van der Waals surface area contributed by atoms with Gasteiger partial charge in [0.05, 0.1) is 16.8 Å². The first-order chi connectivity index (χ1) is 8.74. The molecule has 2 aromatic heterocycles. The molecular weight excluding hydrogens is 242 g/mol. The summed E-state index contributed by atoms with van der Waals surface area (Å²) in [6, 6.07) is 9.82. The van der Waals surface area contributed by atoms with E-state index in [0.717, 1.165) is 22.8 Å². The zero-order valence-corrected chi connectivity index (χ0v) is 10.8. The Bertz CT molecular complexity index is 664. The minimum Gasteiger partial charge on any atom is -0.399 e. The molecule has 2 heterocycles. The summed E-state index contributed by atoms with van der Waals surface area (Å²) in [5.74, 6) is 0.873. The second kappa shape index (κ2) is 4.31. The minimum atomic E-state index is 0.764. The molecule has 0 radical (unpaired) electrons. The van der Waals surface area contributed by atoms with Gasteiger partial charge in [-0.3, -0.25) is 0 Å². The van der Waals surface area contributed by atoms with Crippen LogP contribution in [0.2, 0.25) is 0 Å². The molecule has 0 fully saturated rings. The lowest BCUT2D eigenvalue weighted by molar-refractivity contribution is 1.31. The highest BCUT2D eigenvalue weighted by molar-refractivity contribution is 7.13. The fraction of sp³-hybridized carbons (Fsp3) is 0.0714. The molecule has 0 amide bonds. The highest BCUT2D eigenvalue weighted by Crippen LogP contribution is 2.29. The van der Waals surface area contributed by atoms with Gasteiger partial charge >= 0.3 is 0 Å². The Balaban J connectivity index is 1.99. The summed E-state index contributed by atoms with van der Waals surface area (Å²) in [5, 5.41) is 2.09. The second-order valence-electron chi connectivity index (χ2n) is 4.20. The van der Waals surface area contributed by atoms with Gasteiger partial charge in [-0.1, -0.05) is 0 Å². The number of aromatic nitrogens is 2. The zero-order valence-electron chi connectivity index (χ0n) is 9.97. The molecule has 0 aliphatic rings. The number of nitrogen functional groups attached to an aromatic ring is 1. The Morgan fingerprint density at radius 3 is 2.61 bits per heavy atom. The summed E-state index contributed by atoms with van der Waals surface area (Å²) in [7, 11) is 0. The fourth-order valence-corrected chi connectivity index (χ4v) is 2.77. The maximum atomic E-state index is 5.68. The number of thiophene rings is 1. The third kappa shape index (κ3) is 1.91. The summed E-state index contributed by atoms with van der Waals surface area (Å²) < 4.78 is 0. The Hall–Kier alpha value is -2.07. The van der Waals surface area contributed by atoms with E-state index in [-0.39, 0.29) is 0 Å². The van der Waals surface area contributed by atoms with Crippen molar-refractivity contribution in [1.29, 1.82) is 0 Å². The maximum absolute atomic E-state index is 5.68. The number of nitrogens with one attached hydrogen (secondary N) is 1. The van der Waals surface area contributed by atoms with Gasteiger partial charge in [-0.2, -0.15) is 0 Å². The molecule has 0 saturated carbocycles. The number of hydrogen-bond donors (Lipinski definition) is 2. The molecule has 0 unspecified atom stereocenters. The lowest BCUT2D eigenvalue weighted by atomic mass is 10.2. The number of imidazole rings is 1. The first kappa shape index (κ1) is 11.0. The largest absolute Gasteiger partial charge is 0.399 e. The Morgan fingerprint density at radius 2 is 1.94 bits per heavy atom. The molecule has 3 N–H and O–H groups in total. The number of rotatable bonds is 2. The summed E-state index contributed by atoms with van der Waals surface area (Å²) in [6.07, 6.45) is 1.88. The Labute approximate surface area is 109 Å². The van der Waals surface area contributed by atoms with Gasteiger partial charge in [0.2, 0.25) is 0 Å². The van der Waals surface area contributed by atoms with Crippen molar-refractivity contribution < 1.29 is 0 Å². The second-order valence-corrected chi connectivity index (χ2v) is 5.12. The van der Waals surface area contributed by atoms with E-state index >= 15 is 0 Å². The molecule has 0 saturated heterocycles. The van der Waals surface area contributed by atoms with Crippen molar-refractivity contribution >= 4 is 17.0 Å². The molecule has 0 bridgehead atoms. The van der Waals surface area contributed by atoms with Crippen LogP contribution in [0.3, 0.4) is 0 Å². The van der Waals surface area contributed by atoms with Gasteiger partial charge in [0, 0.05) is 11.3 Å². The Morgan fingerprint density at radius 1 is 1.17 bits per heavy atom. The molecule has 3 rings (SSSR count). The lowest BCUT2D eigenvalue weighted by Gasteiger charge is -1.98. The molecule has 4 heteroatoms. The van der Waals surface area contributed by atoms with E-state index in [1.165, 1.54) is 10.4 Å². The highest BCUT2D eigenvalue weighted by atomic mass is 32.1. The number of hydrogen-bond acceptors (Lipinski definition) is 3. The van der Waals surface area contributed by atoms with Gasteiger partial charge in [0.1, 0.15) is 5.82 Å². The third-order valence-corrected chi connectivity index (χ3v) is 3.92. The van der Waals surface area contributed by atoms with Gasteiger partial charge < -0.3 is 10.7 Å². The van der Waals surface area contributed by atoms with Crippen LogP contribution in [-0.4, -0.2) is 9.97 Å². The number of aromatic amines is 1. The molecule has 0 aliphatic heterocycles. The number of aryl methyl sites for hydroxylation is 1. The van der Waals surface area contributed by atoms with Crippen LogP contribution in [0.15, 0.2) is 41.9 Å². The SMILES string of the molecule is Cc1ccsc1-c1cnc(-c2ccc(N)cc2)[nH]1. The van der Waals surface area contributed by atoms with E-state index in [4.69, 9.17) is 5.73 Å². The van der Waals surface area contributed by atoms with E-state index in [2.05, 4.69) is 28.3 Å². The van der Waals surface area contributed by atoms with Crippen LogP contribution < -0.4 is 5.73 Å². The highest BCUT2D eigenvalue weighted by Gasteiger charge is 2.08. The van der Waals surface area contributed by atoms with Gasteiger partial charge in [0.15, 0.2) is 0 Å². The van der Waals surface area contributed by atoms with E-state index in [1.54, 1.807) is 11.3 Å². The van der Waals surface area contributed by atoms with Gasteiger partial charge in [0.25, 0.3) is 0 Å². The quantitative estimate of drug-likeness (QED) is 0.686. The van der Waals surface area contributed by atoms with Crippen LogP contribution >= 0.6 is 11.3 Å². The fourth-order valence-electron chi connectivity index (χ4n) is 1.87. The van der Waals surface area contributed by atoms with Crippen molar-refractivity contribution in [3.8, 4) is 22.0 Å². The van der Waals surface area contributed by atoms with E-state index in [0.29, 0.717) is 0 Å². The van der Waals surface area contributed by atoms with Crippen LogP contribution in [0.4, 0.5) is 5.69 Å². The van der Waals surface area contributed by atoms with Crippen LogP contribution in [0.25, 0.3) is 22.0 Å². The molecular formula is C14H13N3S. The van der Waals surface area contributed by atoms with Crippen molar-refractivity contribution in [2.24, 2.45) is 0 Å². The van der Waals surface area contributed by atoms with Crippen molar-refractivity contribution in [1.82, 2.24) is 9.97 Å². The topological polar surface area (TPSA) is 54.7 Å². The Kier molecular flexibility index (Phi) is 2.64. The molecule has 90 valence electrons. The molecule has 0 atom stereocenters. The predicted molar refractivity (Wildman–Crippen MR) is 76.5 cm³/mol. The van der Waals surface area contributed by atoms with E-state index in [9.17, 15) is 0 Å². The normalized spacial score (nSPS) is 10.7. The number of anilines is 1. The van der Waals surface area contributed by atoms with E-state index < -0.39 is 0 Å². The smallest absolute Gasteiger partial charge is 0.137 e. The zero-order chi connectivity index (χ0) is 12.5. The molecule has 3 nitrogen and oxygen atoms in total. The molecule has 3 aromatic rings. The van der Waals surface area contributed by atoms with Crippen LogP contribution in [0, 0.1) is 6.92 Å². The van der Waals surface area contributed by atoms with Gasteiger partial charge in [-0.25, -0.2) is 4.98 Å². The van der Waals surface area contributed by atoms with Crippen LogP contribution in [0.1, 0.15) is 5.56 Å². The summed E-state index contributed by atoms with van der Waals surface area (Å²) in [4.78, 5) is 9.01. The maximum Gasteiger partial charge on any atom is 0.137 e. The number of H-pyrrole nitrogens is 1. The average Bonchev–Trinajstić information content (AvgIpc) is 2.98. The standard InChI is InChI=1S/C14H13N3S/c1-9-6-7-18-13(9)12-8-16-14(17-12)10-2-4-11(15)5-3-10/h2-8H,15H2,1H3,(H,16,17). The number of benzene rings is 1. The minimum absolute atomic E-state index is 0.764. The van der Waals surface area contributed by atoms with Crippen molar-refractivity contribution in [2.45, 2.75) is 6.92 Å². The van der Waals surface area contributed by atoms with Crippen molar-refractivity contribution in [3.63, 3.8) is 0 Å². The van der Waals surface area contributed by atoms with Crippen LogP contribution in [0.5, 0.6) is 0 Å². The van der Waals surface area contributed by atoms with Gasteiger partial charge in [-0.15, -0.1) is 11.3 Å². The number of nitrogens with zero attached hydrogens (tertiary/aromatic N) is 1. The summed E-state index contributed by atoms with van der Waals surface area (Å²) in [6.45, 7) is 2.11. The van der Waals surface area contributed by atoms with E-state index in [1.807, 2.05) is 30.5 Å². The van der Waals surface area contributed by atoms with Crippen LogP contribution in [-0.2, 0) is 0 Å². The average molecular weight is 255 g/mol. The number of nitrogens with two attached hydrogens (primary N) is 1. The first-order valence-corrected chi connectivity index (χ1v) is 6.57. The molecule has 18 heavy (non-hydrogen) atoms. The first-order valence-electron chi connectivity index (χ1n) is 5.69. The monoisotopic (exact) mass is 255 g/mol. The lowest BCUT2D eigenvalue weighted by Crippen LogP contribution is -1.85. The molecule has 0 spiro atoms. The third-order valence-electron chi connectivity index (χ3n) is 2.87. The van der Waals surface area contributed by atoms with Crippen molar-refractivity contribution in [2.75, 3.05) is 5.73 Å². The summed E-state index contributed by atoms with van der Waals surface area (Å²) in [5.41, 5.74) is 9.82. The molecule has 0 aliphatic carbocycles. The predicted octanol–water partition coefficient (Wildman–Crippen LogP) is 3.70. The summed E-state index contributed by atoms with van der Waals surface area (Å²) >= 11 is 1.72.